The van der Waals surface area contributed by atoms with Crippen LogP contribution in [-0.4, -0.2) is 117 Å². The van der Waals surface area contributed by atoms with Gasteiger partial charge in [-0.05, 0) is 112 Å². The van der Waals surface area contributed by atoms with Crippen LogP contribution in [0, 0.1) is 16.7 Å². The van der Waals surface area contributed by atoms with Crippen molar-refractivity contribution in [1.29, 1.82) is 5.26 Å². The van der Waals surface area contributed by atoms with E-state index < -0.39 is 58.3 Å². The van der Waals surface area contributed by atoms with Gasteiger partial charge in [0.1, 0.15) is 30.0 Å². The van der Waals surface area contributed by atoms with Crippen molar-refractivity contribution in [3.8, 4) is 11.8 Å². The van der Waals surface area contributed by atoms with E-state index in [4.69, 9.17) is 31.2 Å². The molecule has 2 aliphatic heterocycles. The predicted octanol–water partition coefficient (Wildman–Crippen LogP) is 5.83. The third-order valence-corrected chi connectivity index (χ3v) is 12.8. The molecule has 2 saturated heterocycles. The number of halogens is 3. The van der Waals surface area contributed by atoms with Crippen molar-refractivity contribution < 1.29 is 51.3 Å². The number of thiocarbonyl (C=S) groups is 1. The number of benzene rings is 3. The van der Waals surface area contributed by atoms with Crippen LogP contribution in [-0.2, 0) is 46.0 Å². The van der Waals surface area contributed by atoms with E-state index in [-0.39, 0.29) is 54.4 Å². The van der Waals surface area contributed by atoms with Crippen LogP contribution in [0.2, 0.25) is 0 Å². The Kier molecular flexibility index (Phi) is 16.6. The summed E-state index contributed by atoms with van der Waals surface area (Å²) in [4.78, 5) is 58.5. The fourth-order valence-corrected chi connectivity index (χ4v) is 9.12. The highest BCUT2D eigenvalue weighted by atomic mass is 32.1. The van der Waals surface area contributed by atoms with Gasteiger partial charge in [0.25, 0.3) is 5.91 Å². The molecule has 3 aromatic carbocycles. The lowest BCUT2D eigenvalue weighted by Crippen LogP contribution is -2.59. The number of ether oxygens (including phenoxy) is 4. The van der Waals surface area contributed by atoms with Gasteiger partial charge < -0.3 is 44.7 Å². The lowest BCUT2D eigenvalue weighted by molar-refractivity contribution is -0.144. The molecule has 0 saturated carbocycles. The summed E-state index contributed by atoms with van der Waals surface area (Å²) in [5.41, 5.74) is -1.06. The van der Waals surface area contributed by atoms with Crippen molar-refractivity contribution in [2.24, 2.45) is 5.41 Å². The molecule has 0 aromatic heterocycles. The van der Waals surface area contributed by atoms with Crippen molar-refractivity contribution in [2.75, 3.05) is 63.0 Å². The Balaban J connectivity index is 0.928. The summed E-state index contributed by atoms with van der Waals surface area (Å²) >= 11 is 5.63. The Bertz CT molecular complexity index is 2370. The summed E-state index contributed by atoms with van der Waals surface area (Å²) in [6.07, 6.45) is -3.38. The first-order valence-electron chi connectivity index (χ1n) is 22.6. The molecule has 3 N–H and O–H groups in total. The number of fused-ring (bicyclic) bond motifs is 1. The summed E-state index contributed by atoms with van der Waals surface area (Å²) in [5, 5.41) is 18.2. The number of carbonyl (C=O) groups excluding carboxylic acids is 4. The minimum absolute atomic E-state index is 0.0113. The van der Waals surface area contributed by atoms with Gasteiger partial charge in [0, 0.05) is 18.7 Å². The molecular weight excluding hydrogens is 904 g/mol. The topological polar surface area (TPSA) is 175 Å². The highest BCUT2D eigenvalue weighted by molar-refractivity contribution is 7.81. The van der Waals surface area contributed by atoms with Crippen LogP contribution in [0.3, 0.4) is 0 Å². The smallest absolute Gasteiger partial charge is 0.417 e. The fraction of sp³-hybridized carbons (Fsp3) is 0.510. The Morgan fingerprint density at radius 2 is 1.59 bits per heavy atom. The average molecular weight is 964 g/mol. The zero-order chi connectivity index (χ0) is 49.6. The van der Waals surface area contributed by atoms with Gasteiger partial charge in [-0.1, -0.05) is 45.0 Å². The maximum atomic E-state index is 14.0. The van der Waals surface area contributed by atoms with E-state index in [0.717, 1.165) is 28.2 Å². The average Bonchev–Trinajstić information content (AvgIpc) is 3.97. The lowest BCUT2D eigenvalue weighted by Gasteiger charge is -2.36. The SMILES string of the molecule is CN[C@@H](C)C(=O)N[C@H](C(=O)N1CCC[C@H]1C(=O)NC1c2ccccc2CC1OCCOCCOCCOc1ccc(N2C(=S)N(c3ccc(C#N)c(C(F)(F)F)c3)C(=O)C2(C)C)cc1)C(C)(C)C. The van der Waals surface area contributed by atoms with Crippen LogP contribution in [0.1, 0.15) is 82.7 Å². The second-order valence-corrected chi connectivity index (χ2v) is 18.9. The highest BCUT2D eigenvalue weighted by Crippen LogP contribution is 2.40. The molecule has 6 rings (SSSR count). The summed E-state index contributed by atoms with van der Waals surface area (Å²) in [7, 11) is 1.68. The number of anilines is 2. The monoisotopic (exact) mass is 963 g/mol. The molecule has 68 heavy (non-hydrogen) atoms. The maximum Gasteiger partial charge on any atom is 0.417 e. The first kappa shape index (κ1) is 51.7. The van der Waals surface area contributed by atoms with Gasteiger partial charge >= 0.3 is 6.18 Å². The van der Waals surface area contributed by atoms with Gasteiger partial charge in [-0.3, -0.25) is 24.1 Å². The summed E-state index contributed by atoms with van der Waals surface area (Å²) in [5.74, 6) is -0.842. The second-order valence-electron chi connectivity index (χ2n) is 18.5. The standard InChI is InChI=1S/C49H60F3N7O8S/c1-30(54-7)42(60)56-41(47(2,3)4)44(62)57-20-10-13-38(57)43(61)55-40-36-12-9-8-11-31(36)27-39(40)67-26-24-65-22-21-64-23-25-66-35-18-16-33(17-19-35)59-46(68)58(45(63)48(59,5)6)34-15-14-32(29-53)37(28-34)49(50,51)52/h8-9,11-12,14-19,28,30,38-41,54H,10,13,20-27H2,1-7H3,(H,55,61)(H,56,60)/t30-,38-,39?,40?,41+/m0/s1. The number of alkyl halides is 3. The molecule has 2 heterocycles. The molecule has 1 aliphatic carbocycles. The van der Waals surface area contributed by atoms with Crippen LogP contribution < -0.4 is 30.5 Å². The number of likely N-dealkylation sites (N-methyl/N-ethyl adjacent to an activating group) is 1. The summed E-state index contributed by atoms with van der Waals surface area (Å²) in [6, 6.07) is 16.8. The zero-order valence-corrected chi connectivity index (χ0v) is 40.2. The Morgan fingerprint density at radius 3 is 2.24 bits per heavy atom. The number of rotatable bonds is 19. The molecule has 2 unspecified atom stereocenters. The first-order chi connectivity index (χ1) is 32.2. The Labute approximate surface area is 400 Å². The van der Waals surface area contributed by atoms with E-state index in [1.807, 2.05) is 45.0 Å². The van der Waals surface area contributed by atoms with E-state index >= 15 is 0 Å². The van der Waals surface area contributed by atoms with Gasteiger partial charge in [-0.15, -0.1) is 0 Å². The van der Waals surface area contributed by atoms with Crippen LogP contribution in [0.15, 0.2) is 66.7 Å². The third kappa shape index (κ3) is 11.6. The van der Waals surface area contributed by atoms with Gasteiger partial charge in [0.2, 0.25) is 17.7 Å². The lowest BCUT2D eigenvalue weighted by atomic mass is 9.85. The van der Waals surface area contributed by atoms with Crippen LogP contribution in [0.5, 0.6) is 5.75 Å². The van der Waals surface area contributed by atoms with Crippen LogP contribution >= 0.6 is 12.2 Å². The molecule has 0 spiro atoms. The van der Waals surface area contributed by atoms with Crippen molar-refractivity contribution in [3.63, 3.8) is 0 Å². The van der Waals surface area contributed by atoms with Crippen LogP contribution in [0.4, 0.5) is 24.5 Å². The first-order valence-corrected chi connectivity index (χ1v) is 23.1. The fourth-order valence-electron chi connectivity index (χ4n) is 8.60. The molecule has 4 amide bonds. The molecule has 15 nitrogen and oxygen atoms in total. The van der Waals surface area contributed by atoms with E-state index in [0.29, 0.717) is 57.1 Å². The third-order valence-electron chi connectivity index (χ3n) is 12.4. The summed E-state index contributed by atoms with van der Waals surface area (Å²) in [6.45, 7) is 12.7. The van der Waals surface area contributed by atoms with Gasteiger partial charge in [-0.25, -0.2) is 0 Å². The number of nitrogens with one attached hydrogen (secondary N) is 3. The minimum Gasteiger partial charge on any atom is -0.491 e. The van der Waals surface area contributed by atoms with Crippen molar-refractivity contribution in [3.05, 3.63) is 89.0 Å². The largest absolute Gasteiger partial charge is 0.491 e. The number of nitrogens with zero attached hydrogens (tertiary/aromatic N) is 4. The predicted molar refractivity (Wildman–Crippen MR) is 252 cm³/mol. The number of likely N-dealkylation sites (tertiary alicyclic amines) is 1. The van der Waals surface area contributed by atoms with Gasteiger partial charge in [0.05, 0.1) is 74.1 Å². The van der Waals surface area contributed by atoms with E-state index in [1.54, 1.807) is 68.0 Å². The van der Waals surface area contributed by atoms with Crippen molar-refractivity contribution in [2.45, 2.75) is 103 Å². The highest BCUT2D eigenvalue weighted by Gasteiger charge is 2.51. The number of hydrogen-bond acceptors (Lipinski definition) is 11. The minimum atomic E-state index is -4.80. The Hall–Kier alpha value is -5.65. The second kappa shape index (κ2) is 21.8. The number of carbonyl (C=O) groups is 4. The molecule has 2 fully saturated rings. The quantitative estimate of drug-likeness (QED) is 0.0970. The van der Waals surface area contributed by atoms with E-state index in [9.17, 15) is 37.6 Å². The van der Waals surface area contributed by atoms with Gasteiger partial charge in [-0.2, -0.15) is 18.4 Å². The molecule has 0 radical (unpaired) electrons. The molecule has 366 valence electrons. The van der Waals surface area contributed by atoms with Crippen molar-refractivity contribution in [1.82, 2.24) is 20.9 Å². The number of amides is 4. The normalized spacial score (nSPS) is 20.0. The molecule has 3 aliphatic rings. The molecule has 19 heteroatoms. The van der Waals surface area contributed by atoms with E-state index in [1.165, 1.54) is 6.07 Å². The number of nitriles is 1. The maximum absolute atomic E-state index is 14.0. The van der Waals surface area contributed by atoms with Crippen molar-refractivity contribution >= 4 is 52.3 Å². The molecule has 5 atom stereocenters. The summed E-state index contributed by atoms with van der Waals surface area (Å²) < 4.78 is 64.7. The molecule has 3 aromatic rings. The number of hydrogen-bond donors (Lipinski definition) is 3. The molecule has 0 bridgehead atoms. The zero-order valence-electron chi connectivity index (χ0n) is 39.4. The van der Waals surface area contributed by atoms with E-state index in [2.05, 4.69) is 16.0 Å². The van der Waals surface area contributed by atoms with Crippen LogP contribution in [0.25, 0.3) is 0 Å². The molecular formula is C49H60F3N7O8S. The van der Waals surface area contributed by atoms with Gasteiger partial charge in [0.15, 0.2) is 5.11 Å². The Morgan fingerprint density at radius 1 is 0.941 bits per heavy atom.